The number of aromatic nitrogens is 2. The van der Waals surface area contributed by atoms with Gasteiger partial charge in [0, 0.05) is 39.3 Å². The van der Waals surface area contributed by atoms with Crippen LogP contribution in [-0.4, -0.2) is 14.5 Å². The Hall–Kier alpha value is -3.23. The number of nitro benzene ring substituents is 1. The first-order chi connectivity index (χ1) is 14.9. The average molecular weight is 499 g/mol. The Morgan fingerprint density at radius 3 is 2.81 bits per heavy atom. The number of hydrogen-bond donors (Lipinski definition) is 0. The van der Waals surface area contributed by atoms with E-state index in [1.165, 1.54) is 12.1 Å². The number of hydrogen-bond acceptors (Lipinski definition) is 5. The molecular formula is C22H13BrClN3O4. The Balaban J connectivity index is 1.53. The molecule has 5 rings (SSSR count). The monoisotopic (exact) mass is 497 g/mol. The van der Waals surface area contributed by atoms with Crippen LogP contribution in [0, 0.1) is 10.1 Å². The van der Waals surface area contributed by atoms with Gasteiger partial charge in [0.2, 0.25) is 0 Å². The van der Waals surface area contributed by atoms with Crippen molar-refractivity contribution in [2.24, 2.45) is 0 Å². The number of halogens is 2. The zero-order chi connectivity index (χ0) is 21.7. The van der Waals surface area contributed by atoms with Crippen LogP contribution >= 0.6 is 27.5 Å². The smallest absolute Gasteiger partial charge is 0.270 e. The van der Waals surface area contributed by atoms with Crippen molar-refractivity contribution in [3.8, 4) is 11.3 Å². The maximum atomic E-state index is 12.8. The molecule has 0 unspecified atom stereocenters. The summed E-state index contributed by atoms with van der Waals surface area (Å²) in [5, 5.41) is 12.0. The van der Waals surface area contributed by atoms with E-state index < -0.39 is 4.92 Å². The molecule has 0 aliphatic carbocycles. The Morgan fingerprint density at radius 1 is 1.19 bits per heavy atom. The van der Waals surface area contributed by atoms with Gasteiger partial charge in [-0.25, -0.2) is 4.98 Å². The van der Waals surface area contributed by atoms with Gasteiger partial charge in [-0.3, -0.25) is 19.5 Å². The van der Waals surface area contributed by atoms with E-state index in [1.54, 1.807) is 34.9 Å². The molecule has 0 bridgehead atoms. The molecule has 154 valence electrons. The zero-order valence-corrected chi connectivity index (χ0v) is 18.2. The van der Waals surface area contributed by atoms with Gasteiger partial charge in [0.15, 0.2) is 0 Å². The molecule has 9 heteroatoms. The van der Waals surface area contributed by atoms with Crippen molar-refractivity contribution in [3.05, 3.63) is 90.1 Å². The van der Waals surface area contributed by atoms with Crippen molar-refractivity contribution in [1.29, 1.82) is 0 Å². The molecule has 3 heterocycles. The third kappa shape index (κ3) is 3.47. The van der Waals surface area contributed by atoms with Gasteiger partial charge in [-0.05, 0) is 64.8 Å². The summed E-state index contributed by atoms with van der Waals surface area (Å²) in [5.41, 5.74) is 2.07. The largest absolute Gasteiger partial charge is 0.457 e. The second-order valence-corrected chi connectivity index (χ2v) is 8.39. The first-order valence-electron chi connectivity index (χ1n) is 9.36. The fourth-order valence-electron chi connectivity index (χ4n) is 3.69. The molecule has 7 nitrogen and oxygen atoms in total. The van der Waals surface area contributed by atoms with Gasteiger partial charge in [-0.15, -0.1) is 0 Å². The molecule has 0 radical (unpaired) electrons. The second-order valence-electron chi connectivity index (χ2n) is 7.10. The molecule has 2 aromatic carbocycles. The summed E-state index contributed by atoms with van der Waals surface area (Å²) < 4.78 is 8.19. The first kappa shape index (κ1) is 19.7. The Labute approximate surface area is 188 Å². The van der Waals surface area contributed by atoms with Gasteiger partial charge in [-0.1, -0.05) is 11.6 Å². The molecular weight excluding hydrogens is 486 g/mol. The molecule has 4 aromatic rings. The fourth-order valence-corrected chi connectivity index (χ4v) is 4.42. The SMILES string of the molecule is O=c1c2ccc(Cl)cc2nc2n1CC/C2=C\c1ccc(-c2ccc([N+](=O)[O-])cc2Br)o1. The molecule has 0 N–H and O–H groups in total. The summed E-state index contributed by atoms with van der Waals surface area (Å²) >= 11 is 9.44. The molecule has 0 saturated carbocycles. The standard InChI is InChI=1S/C22H13BrClN3O4/c23-18-11-14(27(29)30)2-5-16(18)20-6-3-15(31-20)9-12-7-8-26-21(12)25-19-10-13(24)1-4-17(19)22(26)28/h1-6,9-11H,7-8H2/b12-9+. The number of allylic oxidation sites excluding steroid dienone is 1. The summed E-state index contributed by atoms with van der Waals surface area (Å²) in [6.45, 7) is 0.549. The van der Waals surface area contributed by atoms with Crippen LogP contribution in [0.25, 0.3) is 33.9 Å². The lowest BCUT2D eigenvalue weighted by Crippen LogP contribution is -2.20. The van der Waals surface area contributed by atoms with Gasteiger partial charge in [0.25, 0.3) is 11.2 Å². The minimum atomic E-state index is -0.449. The fraction of sp³-hybridized carbons (Fsp3) is 0.0909. The van der Waals surface area contributed by atoms with E-state index in [2.05, 4.69) is 20.9 Å². The Morgan fingerprint density at radius 2 is 2.03 bits per heavy atom. The first-order valence-corrected chi connectivity index (χ1v) is 10.5. The molecule has 0 atom stereocenters. The summed E-state index contributed by atoms with van der Waals surface area (Å²) in [4.78, 5) is 28.0. The van der Waals surface area contributed by atoms with Crippen LogP contribution in [0.2, 0.25) is 5.02 Å². The van der Waals surface area contributed by atoms with E-state index >= 15 is 0 Å². The maximum Gasteiger partial charge on any atom is 0.270 e. The van der Waals surface area contributed by atoms with Crippen molar-refractivity contribution in [3.63, 3.8) is 0 Å². The van der Waals surface area contributed by atoms with Crippen molar-refractivity contribution in [1.82, 2.24) is 9.55 Å². The van der Waals surface area contributed by atoms with E-state index in [4.69, 9.17) is 16.0 Å². The minimum absolute atomic E-state index is 0.00377. The van der Waals surface area contributed by atoms with Gasteiger partial charge in [0.05, 0.1) is 15.8 Å². The van der Waals surface area contributed by atoms with E-state index in [0.717, 1.165) is 5.57 Å². The van der Waals surface area contributed by atoms with Gasteiger partial charge < -0.3 is 4.42 Å². The predicted molar refractivity (Wildman–Crippen MR) is 122 cm³/mol. The molecule has 0 spiro atoms. The van der Waals surface area contributed by atoms with Crippen molar-refractivity contribution in [2.45, 2.75) is 13.0 Å². The van der Waals surface area contributed by atoms with Crippen LogP contribution in [0.15, 0.2) is 62.2 Å². The topological polar surface area (TPSA) is 91.2 Å². The predicted octanol–water partition coefficient (Wildman–Crippen LogP) is 5.92. The third-order valence-corrected chi connectivity index (χ3v) is 6.07. The molecule has 0 saturated heterocycles. The molecule has 1 aliphatic rings. The molecule has 1 aliphatic heterocycles. The molecule has 31 heavy (non-hydrogen) atoms. The molecule has 0 fully saturated rings. The van der Waals surface area contributed by atoms with E-state index in [9.17, 15) is 14.9 Å². The number of furan rings is 1. The molecule has 2 aromatic heterocycles. The van der Waals surface area contributed by atoms with Crippen LogP contribution in [0.5, 0.6) is 0 Å². The Bertz CT molecular complexity index is 1470. The van der Waals surface area contributed by atoms with Gasteiger partial charge >= 0.3 is 0 Å². The molecule has 0 amide bonds. The maximum absolute atomic E-state index is 12.8. The van der Waals surface area contributed by atoms with E-state index in [-0.39, 0.29) is 11.2 Å². The van der Waals surface area contributed by atoms with Gasteiger partial charge in [0.1, 0.15) is 17.3 Å². The lowest BCUT2D eigenvalue weighted by Gasteiger charge is -2.05. The van der Waals surface area contributed by atoms with E-state index in [0.29, 0.717) is 56.3 Å². The number of rotatable bonds is 3. The number of benzene rings is 2. The normalized spacial score (nSPS) is 14.3. The highest BCUT2D eigenvalue weighted by Crippen LogP contribution is 2.34. The third-order valence-electron chi connectivity index (χ3n) is 5.18. The number of fused-ring (bicyclic) bond motifs is 2. The van der Waals surface area contributed by atoms with Crippen molar-refractivity contribution < 1.29 is 9.34 Å². The van der Waals surface area contributed by atoms with Crippen molar-refractivity contribution >= 4 is 55.8 Å². The zero-order valence-electron chi connectivity index (χ0n) is 15.8. The highest BCUT2D eigenvalue weighted by Gasteiger charge is 2.22. The van der Waals surface area contributed by atoms with Gasteiger partial charge in [-0.2, -0.15) is 0 Å². The van der Waals surface area contributed by atoms with Crippen LogP contribution in [0.1, 0.15) is 18.0 Å². The number of nitrogens with zero attached hydrogens (tertiary/aromatic N) is 3. The van der Waals surface area contributed by atoms with E-state index in [1.807, 2.05) is 12.1 Å². The highest BCUT2D eigenvalue weighted by atomic mass is 79.9. The lowest BCUT2D eigenvalue weighted by atomic mass is 10.1. The summed E-state index contributed by atoms with van der Waals surface area (Å²) in [5.74, 6) is 1.78. The summed E-state index contributed by atoms with van der Waals surface area (Å²) in [7, 11) is 0. The highest BCUT2D eigenvalue weighted by molar-refractivity contribution is 9.10. The number of nitro groups is 1. The number of non-ortho nitro benzene ring substituents is 1. The Kier molecular flexibility index (Phi) is 4.75. The summed E-state index contributed by atoms with van der Waals surface area (Å²) in [6, 6.07) is 13.2. The van der Waals surface area contributed by atoms with Crippen LogP contribution < -0.4 is 5.56 Å². The van der Waals surface area contributed by atoms with Crippen LogP contribution in [0.4, 0.5) is 5.69 Å². The summed E-state index contributed by atoms with van der Waals surface area (Å²) in [6.07, 6.45) is 2.52. The average Bonchev–Trinajstić information content (AvgIpc) is 3.36. The minimum Gasteiger partial charge on any atom is -0.457 e. The second kappa shape index (κ2) is 7.47. The van der Waals surface area contributed by atoms with Crippen LogP contribution in [-0.2, 0) is 6.54 Å². The van der Waals surface area contributed by atoms with Crippen molar-refractivity contribution in [2.75, 3.05) is 0 Å². The lowest BCUT2D eigenvalue weighted by molar-refractivity contribution is -0.384. The van der Waals surface area contributed by atoms with Crippen LogP contribution in [0.3, 0.4) is 0 Å². The quantitative estimate of drug-likeness (QED) is 0.258.